The van der Waals surface area contributed by atoms with Gasteiger partial charge in [0.05, 0.1) is 0 Å². The minimum atomic E-state index is -0.820. The normalized spacial score (nSPS) is 11.4. The second-order valence-corrected chi connectivity index (χ2v) is 3.77. The first kappa shape index (κ1) is 18.0. The smallest absolute Gasteiger partial charge is 0.320 e. The molecule has 0 heterocycles. The van der Waals surface area contributed by atoms with E-state index < -0.39 is 12.0 Å². The summed E-state index contributed by atoms with van der Waals surface area (Å²) in [5.41, 5.74) is 10.3. The molecule has 0 amide bonds. The van der Waals surface area contributed by atoms with Crippen LogP contribution in [-0.2, 0) is 4.79 Å². The molecule has 0 aliphatic carbocycles. The van der Waals surface area contributed by atoms with Gasteiger partial charge in [0.25, 0.3) is 0 Å². The number of carboxylic acid groups (broad SMARTS) is 1. The Morgan fingerprint density at radius 3 is 2.18 bits per heavy atom. The van der Waals surface area contributed by atoms with E-state index >= 15 is 0 Å². The highest BCUT2D eigenvalue weighted by atomic mass is 16.4. The SMILES string of the molecule is CN(C)[C@@H](CCCN=C(N)N)C(=O)O.CNC. The van der Waals surface area contributed by atoms with Crippen LogP contribution < -0.4 is 16.8 Å². The van der Waals surface area contributed by atoms with Gasteiger partial charge in [-0.15, -0.1) is 0 Å². The Morgan fingerprint density at radius 2 is 1.88 bits per heavy atom. The fourth-order valence-corrected chi connectivity index (χ4v) is 1.10. The van der Waals surface area contributed by atoms with Gasteiger partial charge in [0.2, 0.25) is 0 Å². The third kappa shape index (κ3) is 12.6. The zero-order valence-electron chi connectivity index (χ0n) is 11.1. The maximum Gasteiger partial charge on any atom is 0.320 e. The van der Waals surface area contributed by atoms with Crippen LogP contribution in [-0.4, -0.2) is 62.7 Å². The van der Waals surface area contributed by atoms with Crippen LogP contribution in [0.15, 0.2) is 4.99 Å². The monoisotopic (exact) mass is 247 g/mol. The molecule has 1 atom stereocenters. The molecule has 0 aromatic rings. The maximum absolute atomic E-state index is 10.7. The van der Waals surface area contributed by atoms with Gasteiger partial charge in [-0.25, -0.2) is 0 Å². The van der Waals surface area contributed by atoms with Crippen LogP contribution in [0.25, 0.3) is 0 Å². The average molecular weight is 247 g/mol. The van der Waals surface area contributed by atoms with Crippen molar-refractivity contribution in [2.75, 3.05) is 34.7 Å². The largest absolute Gasteiger partial charge is 0.480 e. The number of aliphatic carboxylic acids is 1. The minimum Gasteiger partial charge on any atom is -0.480 e. The molecule has 0 unspecified atom stereocenters. The zero-order chi connectivity index (χ0) is 13.8. The van der Waals surface area contributed by atoms with Gasteiger partial charge < -0.3 is 21.9 Å². The summed E-state index contributed by atoms with van der Waals surface area (Å²) in [4.78, 5) is 16.2. The standard InChI is InChI=1S/C8H18N4O2.C2H7N/c1-12(2)6(7(13)14)4-3-5-11-8(9)10;1-3-2/h6H,3-5H2,1-2H3,(H,13,14)(H4,9,10,11);3H,1-2H3/t6-;/m0./s1. The first-order chi connectivity index (χ1) is 7.86. The van der Waals surface area contributed by atoms with Gasteiger partial charge >= 0.3 is 5.97 Å². The van der Waals surface area contributed by atoms with Crippen molar-refractivity contribution in [3.8, 4) is 0 Å². The molecule has 0 aromatic carbocycles. The molecule has 0 saturated carbocycles. The van der Waals surface area contributed by atoms with E-state index in [4.69, 9.17) is 16.6 Å². The molecular formula is C10H25N5O2. The van der Waals surface area contributed by atoms with Crippen LogP contribution in [0.3, 0.4) is 0 Å². The molecule has 0 aromatic heterocycles. The van der Waals surface area contributed by atoms with Gasteiger partial charge in [0.1, 0.15) is 6.04 Å². The highest BCUT2D eigenvalue weighted by Crippen LogP contribution is 2.03. The van der Waals surface area contributed by atoms with Crippen molar-refractivity contribution in [2.45, 2.75) is 18.9 Å². The Kier molecular flexibility index (Phi) is 11.8. The lowest BCUT2D eigenvalue weighted by molar-refractivity contribution is -0.142. The number of nitrogens with zero attached hydrogens (tertiary/aromatic N) is 2. The van der Waals surface area contributed by atoms with E-state index in [0.29, 0.717) is 19.4 Å². The van der Waals surface area contributed by atoms with Gasteiger partial charge in [0.15, 0.2) is 5.96 Å². The molecule has 0 bridgehead atoms. The molecule has 6 N–H and O–H groups in total. The van der Waals surface area contributed by atoms with Crippen LogP contribution >= 0.6 is 0 Å². The first-order valence-corrected chi connectivity index (χ1v) is 5.39. The van der Waals surface area contributed by atoms with E-state index in [2.05, 4.69) is 10.3 Å². The second kappa shape index (κ2) is 11.2. The molecule has 0 radical (unpaired) electrons. The summed E-state index contributed by atoms with van der Waals surface area (Å²) in [6, 6.07) is -0.468. The maximum atomic E-state index is 10.7. The zero-order valence-corrected chi connectivity index (χ0v) is 11.1. The second-order valence-electron chi connectivity index (χ2n) is 3.77. The fourth-order valence-electron chi connectivity index (χ4n) is 1.10. The number of nitrogens with one attached hydrogen (secondary N) is 1. The molecule has 7 nitrogen and oxygen atoms in total. The summed E-state index contributed by atoms with van der Waals surface area (Å²) in [5.74, 6) is -0.776. The number of guanidine groups is 1. The molecule has 7 heteroatoms. The molecule has 0 aliphatic heterocycles. The molecule has 0 spiro atoms. The number of nitrogens with two attached hydrogens (primary N) is 2. The first-order valence-electron chi connectivity index (χ1n) is 5.39. The molecule has 0 rings (SSSR count). The number of hydrogen-bond acceptors (Lipinski definition) is 4. The van der Waals surface area contributed by atoms with Gasteiger partial charge in [0, 0.05) is 6.54 Å². The Bertz CT molecular complexity index is 227. The molecule has 0 saturated heterocycles. The number of hydrogen-bond donors (Lipinski definition) is 4. The summed E-state index contributed by atoms with van der Waals surface area (Å²) in [6.07, 6.45) is 1.20. The molecular weight excluding hydrogens is 222 g/mol. The number of carboxylic acids is 1. The lowest BCUT2D eigenvalue weighted by atomic mass is 10.1. The topological polar surface area (TPSA) is 117 Å². The van der Waals surface area contributed by atoms with Gasteiger partial charge in [-0.2, -0.15) is 0 Å². The van der Waals surface area contributed by atoms with Gasteiger partial charge in [-0.3, -0.25) is 14.7 Å². The molecule has 0 aliphatic rings. The molecule has 17 heavy (non-hydrogen) atoms. The van der Waals surface area contributed by atoms with Crippen LogP contribution in [0.4, 0.5) is 0 Å². The number of rotatable bonds is 6. The highest BCUT2D eigenvalue weighted by Gasteiger charge is 2.18. The Morgan fingerprint density at radius 1 is 1.41 bits per heavy atom. The van der Waals surface area contributed by atoms with Crippen molar-refractivity contribution in [1.29, 1.82) is 0 Å². The molecule has 102 valence electrons. The predicted octanol–water partition coefficient (Wildman–Crippen LogP) is -1.11. The van der Waals surface area contributed by atoms with Gasteiger partial charge in [-0.05, 0) is 41.0 Å². The van der Waals surface area contributed by atoms with Crippen LogP contribution in [0, 0.1) is 0 Å². The van der Waals surface area contributed by atoms with Crippen LogP contribution in [0.2, 0.25) is 0 Å². The lowest BCUT2D eigenvalue weighted by Gasteiger charge is -2.19. The van der Waals surface area contributed by atoms with E-state index in [1.165, 1.54) is 0 Å². The van der Waals surface area contributed by atoms with Crippen molar-refractivity contribution < 1.29 is 9.90 Å². The lowest BCUT2D eigenvalue weighted by Crippen LogP contribution is -2.35. The third-order valence-electron chi connectivity index (χ3n) is 1.84. The van der Waals surface area contributed by atoms with E-state index in [-0.39, 0.29) is 5.96 Å². The summed E-state index contributed by atoms with van der Waals surface area (Å²) in [5, 5.41) is 11.6. The van der Waals surface area contributed by atoms with Crippen LogP contribution in [0.1, 0.15) is 12.8 Å². The predicted molar refractivity (Wildman–Crippen MR) is 70.0 cm³/mol. The van der Waals surface area contributed by atoms with E-state index in [1.807, 2.05) is 14.1 Å². The van der Waals surface area contributed by atoms with E-state index in [1.54, 1.807) is 19.0 Å². The van der Waals surface area contributed by atoms with E-state index in [0.717, 1.165) is 0 Å². The van der Waals surface area contributed by atoms with Gasteiger partial charge in [-0.1, -0.05) is 0 Å². The van der Waals surface area contributed by atoms with Crippen molar-refractivity contribution in [1.82, 2.24) is 10.2 Å². The van der Waals surface area contributed by atoms with Crippen LogP contribution in [0.5, 0.6) is 0 Å². The van der Waals surface area contributed by atoms with Crippen molar-refractivity contribution in [2.24, 2.45) is 16.5 Å². The quantitative estimate of drug-likeness (QED) is 0.269. The average Bonchev–Trinajstić information content (AvgIpc) is 2.16. The number of carbonyl (C=O) groups is 1. The van der Waals surface area contributed by atoms with E-state index in [9.17, 15) is 4.79 Å². The number of aliphatic imine (C=N–C) groups is 1. The summed E-state index contributed by atoms with van der Waals surface area (Å²) < 4.78 is 0. The van der Waals surface area contributed by atoms with Crippen molar-refractivity contribution in [3.63, 3.8) is 0 Å². The summed E-state index contributed by atoms with van der Waals surface area (Å²) >= 11 is 0. The Labute approximate surface area is 103 Å². The Balaban J connectivity index is 0. The van der Waals surface area contributed by atoms with Crippen molar-refractivity contribution in [3.05, 3.63) is 0 Å². The number of likely N-dealkylation sites (N-methyl/N-ethyl adjacent to an activating group) is 1. The third-order valence-corrected chi connectivity index (χ3v) is 1.84. The summed E-state index contributed by atoms with van der Waals surface area (Å²) in [7, 11) is 7.22. The van der Waals surface area contributed by atoms with Crippen molar-refractivity contribution >= 4 is 11.9 Å². The molecule has 0 fully saturated rings. The highest BCUT2D eigenvalue weighted by molar-refractivity contribution is 5.75. The summed E-state index contributed by atoms with van der Waals surface area (Å²) in [6.45, 7) is 0.472. The fraction of sp³-hybridized carbons (Fsp3) is 0.800. The Hall–Kier alpha value is -1.34. The minimum absolute atomic E-state index is 0.0433.